The molecule has 108 heavy (non-hydrogen) atoms. The number of aromatic nitrogens is 14. The fourth-order valence-electron chi connectivity index (χ4n) is 17.9. The number of fused-ring (bicyclic) bond motifs is 2. The summed E-state index contributed by atoms with van der Waals surface area (Å²) in [5, 5.41) is 5.91. The van der Waals surface area contributed by atoms with Crippen molar-refractivity contribution in [3.05, 3.63) is 206 Å². The molecule has 4 atom stereocenters. The second-order valence-corrected chi connectivity index (χ2v) is 33.6. The van der Waals surface area contributed by atoms with E-state index in [0.29, 0.717) is 24.2 Å². The zero-order valence-corrected chi connectivity index (χ0v) is 71.5. The highest BCUT2D eigenvalue weighted by atomic mass is 15.5. The first-order valence-corrected chi connectivity index (χ1v) is 39.0. The van der Waals surface area contributed by atoms with E-state index < -0.39 is 0 Å². The summed E-state index contributed by atoms with van der Waals surface area (Å²) in [6, 6.07) is 30.2. The van der Waals surface area contributed by atoms with Crippen LogP contribution >= 0.6 is 0 Å². The number of aryl methyl sites for hydroxylation is 5. The molecule has 0 radical (unpaired) electrons. The van der Waals surface area contributed by atoms with Crippen LogP contribution in [0.5, 0.6) is 0 Å². The predicted octanol–water partition coefficient (Wildman–Crippen LogP) is 15.0. The van der Waals surface area contributed by atoms with Crippen LogP contribution in [-0.4, -0.2) is 86.2 Å². The SMILES string of the molecule is Cc1cc(C(C)(C)N2c3ccccc3N(c3cc[n+](C(C)C)n3C)[C@H]2C)n(C)n1.Cc1n(C)c(N2C=CN(C(C)(C)c3cc4ccccc4n3C)[C@@H]2C)c[n+]1C(C)C.Cc1n(C)c(N2C=CN(C(C)(C)c3cccn3C)[C@@H]2C)c[n+]1C(C)C.Cc1n(C)c(N2C=CN(C(C)(C)c3nccn3C)[C@@H]2C)c[n+]1C(C)C. The molecule has 0 saturated heterocycles. The summed E-state index contributed by atoms with van der Waals surface area (Å²) in [5.41, 5.74) is 8.00. The van der Waals surface area contributed by atoms with E-state index >= 15 is 0 Å². The van der Waals surface area contributed by atoms with Crippen LogP contribution in [0.15, 0.2) is 159 Å². The highest BCUT2D eigenvalue weighted by molar-refractivity contribution is 5.84. The van der Waals surface area contributed by atoms with E-state index in [1.165, 1.54) is 80.1 Å². The molecule has 22 heteroatoms. The van der Waals surface area contributed by atoms with Gasteiger partial charge in [0.15, 0.2) is 36.6 Å². The Bertz CT molecular complexity index is 4790. The van der Waals surface area contributed by atoms with E-state index in [9.17, 15) is 0 Å². The van der Waals surface area contributed by atoms with E-state index in [4.69, 9.17) is 0 Å². The van der Waals surface area contributed by atoms with Gasteiger partial charge in [0.2, 0.25) is 17.5 Å². The van der Waals surface area contributed by atoms with Crippen LogP contribution in [0.4, 0.5) is 34.6 Å². The van der Waals surface area contributed by atoms with Gasteiger partial charge in [0.05, 0.1) is 97.3 Å². The number of para-hydroxylation sites is 3. The van der Waals surface area contributed by atoms with Gasteiger partial charge in [0.25, 0.3) is 17.5 Å². The second kappa shape index (κ2) is 29.6. The van der Waals surface area contributed by atoms with Gasteiger partial charge in [0.1, 0.15) is 30.5 Å². The lowest BCUT2D eigenvalue weighted by Gasteiger charge is -2.41. The molecule has 0 unspecified atom stereocenters. The Kier molecular flexibility index (Phi) is 21.7. The Hall–Kier alpha value is -9.86. The Morgan fingerprint density at radius 1 is 0.417 bits per heavy atom. The molecule has 10 aromatic rings. The van der Waals surface area contributed by atoms with Crippen LogP contribution in [0.2, 0.25) is 0 Å². The molecule has 580 valence electrons. The maximum atomic E-state index is 4.61. The van der Waals surface area contributed by atoms with E-state index in [1.54, 1.807) is 0 Å². The summed E-state index contributed by atoms with van der Waals surface area (Å²) >= 11 is 0. The first-order valence-electron chi connectivity index (χ1n) is 39.0. The van der Waals surface area contributed by atoms with Crippen molar-refractivity contribution in [3.8, 4) is 0 Å². The lowest BCUT2D eigenvalue weighted by molar-refractivity contribution is -0.789. The van der Waals surface area contributed by atoms with Crippen molar-refractivity contribution < 1.29 is 18.4 Å². The maximum absolute atomic E-state index is 4.61. The highest BCUT2D eigenvalue weighted by Crippen LogP contribution is 2.50. The third kappa shape index (κ3) is 13.7. The van der Waals surface area contributed by atoms with Crippen LogP contribution in [0.3, 0.4) is 0 Å². The Morgan fingerprint density at radius 3 is 1.27 bits per heavy atom. The summed E-state index contributed by atoms with van der Waals surface area (Å²) in [6.45, 7) is 53.7. The second-order valence-electron chi connectivity index (χ2n) is 33.6. The van der Waals surface area contributed by atoms with Crippen molar-refractivity contribution >= 4 is 45.5 Å². The zero-order chi connectivity index (χ0) is 79.2. The highest BCUT2D eigenvalue weighted by Gasteiger charge is 2.47. The van der Waals surface area contributed by atoms with Crippen LogP contribution < -0.4 is 42.9 Å². The summed E-state index contributed by atoms with van der Waals surface area (Å²) in [5.74, 6) is 9.69. The first-order chi connectivity index (χ1) is 50.6. The summed E-state index contributed by atoms with van der Waals surface area (Å²) in [4.78, 5) is 23.9. The lowest BCUT2D eigenvalue weighted by atomic mass is 9.96. The zero-order valence-electron chi connectivity index (χ0n) is 71.5. The lowest BCUT2D eigenvalue weighted by Crippen LogP contribution is -2.51. The standard InChI is InChI=1S/C24H34N5.C23H33N6.C20H32N5.C19H31N6/c1-17(2)28-16-23(25(7)18(28)3)27-13-14-29(19(27)4)24(5,6)22-15-20-11-9-10-12-21(20)26(22)8;1-16(2)27-14-13-22(26(27)8)28-18(4)29(20-12-10-9-11-19(20)28)23(5,6)21-15-17(3)24-25(21)7;1-15(2)24-14-19(22(8)16(24)3)23-12-13-25(17(23)4)20(5,6)18-10-9-11-21(18)7;1-14(2)24-13-17(22(8)15(24)3)23-11-12-25(16(23)4)19(5,6)18-20-9-10-21(18)7/h9-17,19H,1-8H3;9-16,18H,1-8H3;9-15,17H,1-8H3;9-14,16H,1-8H3/q4*+1/t19-;18-;17-;16-/m1111/s1. The van der Waals surface area contributed by atoms with Crippen molar-refractivity contribution in [3.63, 3.8) is 0 Å². The molecule has 12 heterocycles. The average molecular weight is 1470 g/mol. The van der Waals surface area contributed by atoms with Gasteiger partial charge in [0, 0.05) is 122 Å². The smallest absolute Gasteiger partial charge is 0.254 e. The summed E-state index contributed by atoms with van der Waals surface area (Å²) in [6.07, 6.45) is 29.0. The molecule has 0 fully saturated rings. The molecular formula is C86H130N22+4. The minimum Gasteiger partial charge on any atom is -0.352 e. The summed E-state index contributed by atoms with van der Waals surface area (Å²) in [7, 11) is 17.0. The molecule has 4 aliphatic rings. The largest absolute Gasteiger partial charge is 0.352 e. The van der Waals surface area contributed by atoms with E-state index in [0.717, 1.165) is 11.5 Å². The molecule has 0 bridgehead atoms. The van der Waals surface area contributed by atoms with E-state index in [2.05, 4.69) is 462 Å². The minimum absolute atomic E-state index is 0.0862. The molecule has 8 aromatic heterocycles. The molecule has 0 amide bonds. The molecule has 4 aliphatic heterocycles. The molecular weight excluding hydrogens is 1340 g/mol. The van der Waals surface area contributed by atoms with Gasteiger partial charge in [-0.05, 0) is 193 Å². The fraction of sp³-hybridized carbons (Fsp3) is 0.512. The van der Waals surface area contributed by atoms with Crippen LogP contribution in [-0.2, 0) is 78.5 Å². The normalized spacial score (nSPS) is 17.5. The topological polar surface area (TPSA) is 107 Å². The molecule has 0 saturated carbocycles. The van der Waals surface area contributed by atoms with Crippen LogP contribution in [0.1, 0.15) is 209 Å². The van der Waals surface area contributed by atoms with Gasteiger partial charge in [-0.1, -0.05) is 30.3 Å². The number of benzene rings is 2. The van der Waals surface area contributed by atoms with E-state index in [1.807, 2.05) is 24.1 Å². The van der Waals surface area contributed by atoms with Crippen molar-refractivity contribution in [1.82, 2.24) is 61.5 Å². The number of hydrogen-bond donors (Lipinski definition) is 0. The maximum Gasteiger partial charge on any atom is 0.254 e. The molecule has 0 N–H and O–H groups in total. The molecule has 0 spiro atoms. The van der Waals surface area contributed by atoms with Gasteiger partial charge in [-0.2, -0.15) is 5.10 Å². The summed E-state index contributed by atoms with van der Waals surface area (Å²) < 4.78 is 27.0. The number of nitrogens with zero attached hydrogens (tertiary/aromatic N) is 22. The Balaban J connectivity index is 0.000000144. The van der Waals surface area contributed by atoms with Crippen LogP contribution in [0.25, 0.3) is 10.9 Å². The first kappa shape index (κ1) is 79.2. The number of imidazole rings is 4. The Labute approximate surface area is 645 Å². The monoisotopic (exact) mass is 1470 g/mol. The molecule has 14 rings (SSSR count). The van der Waals surface area contributed by atoms with Gasteiger partial charge in [-0.25, -0.2) is 32.4 Å². The quantitative estimate of drug-likeness (QED) is 0.0868. The van der Waals surface area contributed by atoms with Gasteiger partial charge < -0.3 is 38.2 Å². The van der Waals surface area contributed by atoms with Crippen molar-refractivity contribution in [1.29, 1.82) is 0 Å². The number of anilines is 6. The predicted molar refractivity (Wildman–Crippen MR) is 439 cm³/mol. The fourth-order valence-corrected chi connectivity index (χ4v) is 17.9. The van der Waals surface area contributed by atoms with Gasteiger partial charge in [-0.3, -0.25) is 19.4 Å². The number of hydrogen-bond acceptors (Lipinski definition) is 10. The molecule has 2 aromatic carbocycles. The van der Waals surface area contributed by atoms with Gasteiger partial charge >= 0.3 is 0 Å². The van der Waals surface area contributed by atoms with Crippen molar-refractivity contribution in [2.45, 2.75) is 237 Å². The third-order valence-electron chi connectivity index (χ3n) is 24.1. The third-order valence-corrected chi connectivity index (χ3v) is 24.1. The Morgan fingerprint density at radius 2 is 0.870 bits per heavy atom. The van der Waals surface area contributed by atoms with E-state index in [-0.39, 0.29) is 46.8 Å². The van der Waals surface area contributed by atoms with Crippen molar-refractivity contribution in [2.75, 3.05) is 24.5 Å². The molecule has 22 nitrogen and oxygen atoms in total. The molecule has 0 aliphatic carbocycles. The van der Waals surface area contributed by atoms with Gasteiger partial charge in [-0.15, -0.1) is 9.36 Å². The minimum atomic E-state index is -0.223. The van der Waals surface area contributed by atoms with Crippen LogP contribution in [0, 0.1) is 27.7 Å². The average Bonchev–Trinajstić information content (AvgIpc) is 1.57. The van der Waals surface area contributed by atoms with Crippen molar-refractivity contribution in [2.24, 2.45) is 56.4 Å². The number of rotatable bonds is 16.